The lowest BCUT2D eigenvalue weighted by Gasteiger charge is -2.42. The van der Waals surface area contributed by atoms with Crippen molar-refractivity contribution >= 4 is 5.69 Å². The number of phenolic OH excluding ortho intramolecular Hbond substituents is 1. The Balaban J connectivity index is 1.78. The second kappa shape index (κ2) is 6.21. The van der Waals surface area contributed by atoms with Gasteiger partial charge in [-0.15, -0.1) is 0 Å². The van der Waals surface area contributed by atoms with Crippen LogP contribution in [0.2, 0.25) is 0 Å². The number of aromatic nitrogens is 3. The van der Waals surface area contributed by atoms with Crippen molar-refractivity contribution in [2.24, 2.45) is 0 Å². The van der Waals surface area contributed by atoms with E-state index >= 15 is 0 Å². The molecule has 0 saturated carbocycles. The van der Waals surface area contributed by atoms with Crippen LogP contribution in [-0.4, -0.2) is 29.6 Å². The topological polar surface area (TPSA) is 122 Å². The summed E-state index contributed by atoms with van der Waals surface area (Å²) in [6.45, 7) is 3.87. The van der Waals surface area contributed by atoms with Crippen molar-refractivity contribution in [2.45, 2.75) is 32.0 Å². The summed E-state index contributed by atoms with van der Waals surface area (Å²) in [7, 11) is 0. The van der Waals surface area contributed by atoms with Gasteiger partial charge in [0.15, 0.2) is 0 Å². The molecule has 0 aliphatic carbocycles. The van der Waals surface area contributed by atoms with Crippen LogP contribution in [0.1, 0.15) is 25.5 Å². The van der Waals surface area contributed by atoms with Gasteiger partial charge in [0.25, 0.3) is 5.69 Å². The average Bonchev–Trinajstić information content (AvgIpc) is 2.97. The lowest BCUT2D eigenvalue weighted by Crippen LogP contribution is -2.46. The van der Waals surface area contributed by atoms with E-state index in [-0.39, 0.29) is 23.7 Å². The minimum absolute atomic E-state index is 0.0247. The van der Waals surface area contributed by atoms with Crippen LogP contribution in [0, 0.1) is 10.1 Å². The second-order valence-corrected chi connectivity index (χ2v) is 8.00. The first-order valence-corrected chi connectivity index (χ1v) is 9.60. The number of hydrogen-bond donors (Lipinski definition) is 1. The Morgan fingerprint density at radius 3 is 2.68 bits per heavy atom. The summed E-state index contributed by atoms with van der Waals surface area (Å²) in [6, 6.07) is 9.43. The molecule has 10 nitrogen and oxygen atoms in total. The molecule has 3 heterocycles. The Bertz CT molecular complexity index is 1410. The van der Waals surface area contributed by atoms with Gasteiger partial charge in [-0.05, 0) is 37.6 Å². The minimum atomic E-state index is -0.778. The monoisotopic (exact) mass is 422 g/mol. The Morgan fingerprint density at radius 2 is 1.94 bits per heavy atom. The number of nitro groups is 1. The molecule has 0 bridgehead atoms. The van der Waals surface area contributed by atoms with Gasteiger partial charge < -0.3 is 9.84 Å². The number of ether oxygens (including phenoxy) is 1. The van der Waals surface area contributed by atoms with Crippen molar-refractivity contribution in [3.8, 4) is 17.2 Å². The predicted molar refractivity (Wildman–Crippen MR) is 110 cm³/mol. The van der Waals surface area contributed by atoms with Gasteiger partial charge in [0.05, 0.1) is 17.2 Å². The van der Waals surface area contributed by atoms with Gasteiger partial charge in [0, 0.05) is 23.8 Å². The number of aromatic hydroxyl groups is 1. The average molecular weight is 422 g/mol. The number of phenols is 1. The molecule has 0 radical (unpaired) electrons. The van der Waals surface area contributed by atoms with Gasteiger partial charge >= 0.3 is 11.4 Å². The van der Waals surface area contributed by atoms with Gasteiger partial charge in [-0.2, -0.15) is 0 Å². The molecular formula is C21H18N4O6. The third kappa shape index (κ3) is 2.64. The van der Waals surface area contributed by atoms with Crippen LogP contribution in [0.15, 0.2) is 63.7 Å². The Labute approximate surface area is 175 Å². The van der Waals surface area contributed by atoms with E-state index in [1.807, 2.05) is 19.9 Å². The van der Waals surface area contributed by atoms with Crippen molar-refractivity contribution in [3.63, 3.8) is 0 Å². The van der Waals surface area contributed by atoms with E-state index < -0.39 is 27.9 Å². The molecule has 10 heteroatoms. The van der Waals surface area contributed by atoms with Crippen LogP contribution in [-0.2, 0) is 6.54 Å². The molecule has 1 atom stereocenters. The molecule has 1 N–H and O–H groups in total. The molecule has 0 fully saturated rings. The SMILES string of the molecule is CC1(C)Oc2cc(O)ccc2C2C1=CCn1c(=O)n(-c3cccc([N+](=O)[O-])c3)c(=O)n12. The van der Waals surface area contributed by atoms with Crippen LogP contribution < -0.4 is 16.1 Å². The van der Waals surface area contributed by atoms with Crippen LogP contribution in [0.5, 0.6) is 11.5 Å². The molecule has 0 saturated heterocycles. The molecule has 3 aromatic rings. The van der Waals surface area contributed by atoms with Crippen molar-refractivity contribution in [3.05, 3.63) is 90.8 Å². The second-order valence-electron chi connectivity index (χ2n) is 8.00. The van der Waals surface area contributed by atoms with E-state index in [9.17, 15) is 24.8 Å². The summed E-state index contributed by atoms with van der Waals surface area (Å²) in [5.74, 6) is 0.444. The predicted octanol–water partition coefficient (Wildman–Crippen LogP) is 2.11. The summed E-state index contributed by atoms with van der Waals surface area (Å²) in [6.07, 6.45) is 1.86. The van der Waals surface area contributed by atoms with Gasteiger partial charge in [-0.3, -0.25) is 10.1 Å². The fourth-order valence-electron chi connectivity index (χ4n) is 4.35. The highest BCUT2D eigenvalue weighted by atomic mass is 16.6. The van der Waals surface area contributed by atoms with Gasteiger partial charge in [0.1, 0.15) is 23.1 Å². The van der Waals surface area contributed by atoms with Crippen LogP contribution in [0.4, 0.5) is 5.69 Å². The maximum absolute atomic E-state index is 13.5. The number of rotatable bonds is 2. The molecule has 158 valence electrons. The molecule has 1 unspecified atom stereocenters. The largest absolute Gasteiger partial charge is 0.508 e. The summed E-state index contributed by atoms with van der Waals surface area (Å²) < 4.78 is 9.68. The van der Waals surface area contributed by atoms with E-state index in [1.54, 1.807) is 6.07 Å². The lowest BCUT2D eigenvalue weighted by atomic mass is 9.83. The first-order valence-electron chi connectivity index (χ1n) is 9.60. The van der Waals surface area contributed by atoms with E-state index in [2.05, 4.69) is 0 Å². The number of hydrogen-bond acceptors (Lipinski definition) is 6. The highest BCUT2D eigenvalue weighted by Crippen LogP contribution is 2.46. The Hall–Kier alpha value is -4.08. The lowest BCUT2D eigenvalue weighted by molar-refractivity contribution is -0.384. The third-order valence-electron chi connectivity index (χ3n) is 5.73. The standard InChI is InChI=1S/C21H18N4O6/c1-21(2)16-8-9-22-19(27)23(12-4-3-5-13(10-12)25(29)30)20(28)24(22)18(16)15-7-6-14(26)11-17(15)31-21/h3-8,10-11,18,26H,9H2,1-2H3. The maximum atomic E-state index is 13.5. The van der Waals surface area contributed by atoms with Crippen molar-refractivity contribution in [1.29, 1.82) is 0 Å². The highest BCUT2D eigenvalue weighted by molar-refractivity contribution is 5.51. The number of fused-ring (bicyclic) bond motifs is 5. The number of nitro benzene ring substituents is 1. The smallest absolute Gasteiger partial charge is 0.352 e. The zero-order chi connectivity index (χ0) is 22.1. The van der Waals surface area contributed by atoms with Crippen LogP contribution >= 0.6 is 0 Å². The molecule has 2 aromatic carbocycles. The third-order valence-corrected chi connectivity index (χ3v) is 5.73. The summed E-state index contributed by atoms with van der Waals surface area (Å²) >= 11 is 0. The van der Waals surface area contributed by atoms with Crippen LogP contribution in [0.25, 0.3) is 5.69 Å². The first kappa shape index (κ1) is 18.9. The van der Waals surface area contributed by atoms with Gasteiger partial charge in [0.2, 0.25) is 0 Å². The number of allylic oxidation sites excluding steroid dienone is 1. The van der Waals surface area contributed by atoms with Crippen molar-refractivity contribution < 1.29 is 14.8 Å². The van der Waals surface area contributed by atoms with Crippen molar-refractivity contribution in [1.82, 2.24) is 13.9 Å². The van der Waals surface area contributed by atoms with Gasteiger partial charge in [-0.25, -0.2) is 23.5 Å². The highest BCUT2D eigenvalue weighted by Gasteiger charge is 2.43. The molecule has 1 aromatic heterocycles. The van der Waals surface area contributed by atoms with Gasteiger partial charge in [-0.1, -0.05) is 12.1 Å². The summed E-state index contributed by atoms with van der Waals surface area (Å²) in [5.41, 5.74) is -0.635. The molecule has 5 rings (SSSR count). The van der Waals surface area contributed by atoms with Crippen LogP contribution in [0.3, 0.4) is 0 Å². The molecule has 2 aliphatic rings. The Morgan fingerprint density at radius 1 is 1.16 bits per heavy atom. The Kier molecular flexibility index (Phi) is 3.79. The fraction of sp³-hybridized carbons (Fsp3) is 0.238. The number of non-ortho nitro benzene ring substituents is 1. The normalized spacial score (nSPS) is 18.3. The molecule has 0 spiro atoms. The van der Waals surface area contributed by atoms with E-state index in [0.29, 0.717) is 11.3 Å². The quantitative estimate of drug-likeness (QED) is 0.384. The van der Waals surface area contributed by atoms with E-state index in [4.69, 9.17) is 4.74 Å². The molecular weight excluding hydrogens is 404 g/mol. The number of benzene rings is 2. The van der Waals surface area contributed by atoms with E-state index in [1.165, 1.54) is 45.8 Å². The fourth-order valence-corrected chi connectivity index (χ4v) is 4.35. The summed E-state index contributed by atoms with van der Waals surface area (Å²) in [4.78, 5) is 37.2. The number of nitrogens with zero attached hydrogens (tertiary/aromatic N) is 4. The minimum Gasteiger partial charge on any atom is -0.508 e. The molecule has 0 amide bonds. The van der Waals surface area contributed by atoms with E-state index in [0.717, 1.165) is 10.1 Å². The molecule has 31 heavy (non-hydrogen) atoms. The zero-order valence-electron chi connectivity index (χ0n) is 16.7. The summed E-state index contributed by atoms with van der Waals surface area (Å²) in [5, 5.41) is 21.1. The van der Waals surface area contributed by atoms with Crippen molar-refractivity contribution in [2.75, 3.05) is 0 Å². The molecule has 2 aliphatic heterocycles. The first-order chi connectivity index (χ1) is 14.7. The zero-order valence-corrected chi connectivity index (χ0v) is 16.7. The maximum Gasteiger partial charge on any atom is 0.352 e.